The maximum atomic E-state index is 11.3. The van der Waals surface area contributed by atoms with E-state index in [4.69, 9.17) is 5.11 Å². The molecule has 0 bridgehead atoms. The van der Waals surface area contributed by atoms with Crippen LogP contribution in [0.3, 0.4) is 0 Å². The van der Waals surface area contributed by atoms with E-state index in [9.17, 15) is 9.59 Å². The normalized spacial score (nSPS) is 14.0. The molecule has 0 aliphatic heterocycles. The van der Waals surface area contributed by atoms with Crippen LogP contribution in [0.5, 0.6) is 0 Å². The number of carboxylic acids is 1. The molecule has 1 N–H and O–H groups in total. The number of ketones is 1. The molecule has 0 amide bonds. The predicted octanol–water partition coefficient (Wildman–Crippen LogP) is 0.171. The van der Waals surface area contributed by atoms with Crippen LogP contribution in [-0.2, 0) is 4.79 Å². The van der Waals surface area contributed by atoms with Gasteiger partial charge >= 0.3 is 5.97 Å². The Hall–Kier alpha value is -2.36. The summed E-state index contributed by atoms with van der Waals surface area (Å²) in [7, 11) is 0. The van der Waals surface area contributed by atoms with Crippen LogP contribution in [0.15, 0.2) is 24.5 Å². The number of aromatic nitrogens is 1. The van der Waals surface area contributed by atoms with Crippen molar-refractivity contribution >= 4 is 29.4 Å². The Bertz CT molecular complexity index is 768. The summed E-state index contributed by atoms with van der Waals surface area (Å²) in [5, 5.41) is 10.7. The molecule has 0 saturated carbocycles. The molecule has 2 heterocycles. The molecular weight excluding hydrogens is 218 g/mol. The largest absolute Gasteiger partial charge is 0.478 e. The van der Waals surface area contributed by atoms with Crippen LogP contribution in [-0.4, -0.2) is 21.3 Å². The first-order valence-corrected chi connectivity index (χ1v) is 5.24. The van der Waals surface area contributed by atoms with Gasteiger partial charge in [-0.2, -0.15) is 0 Å². The monoisotopic (exact) mass is 227 g/mol. The molecule has 3 rings (SSSR count). The molecule has 17 heavy (non-hydrogen) atoms. The highest BCUT2D eigenvalue weighted by atomic mass is 16.4. The Morgan fingerprint density at radius 1 is 1.41 bits per heavy atom. The zero-order valence-corrected chi connectivity index (χ0v) is 8.88. The van der Waals surface area contributed by atoms with Crippen LogP contribution in [0.4, 0.5) is 0 Å². The highest BCUT2D eigenvalue weighted by Crippen LogP contribution is 2.06. The van der Waals surface area contributed by atoms with Crippen molar-refractivity contribution in [3.05, 3.63) is 40.5 Å². The number of hydrogen-bond donors (Lipinski definition) is 1. The van der Waals surface area contributed by atoms with Gasteiger partial charge in [0.1, 0.15) is 0 Å². The second-order valence-electron chi connectivity index (χ2n) is 4.03. The number of fused-ring (bicyclic) bond motifs is 3. The third kappa shape index (κ3) is 1.45. The minimum Gasteiger partial charge on any atom is -0.478 e. The molecule has 1 aliphatic carbocycles. The van der Waals surface area contributed by atoms with Crippen LogP contribution in [0.1, 0.15) is 16.8 Å². The highest BCUT2D eigenvalue weighted by molar-refractivity contribution is 6.09. The van der Waals surface area contributed by atoms with Gasteiger partial charge in [0.15, 0.2) is 5.78 Å². The maximum Gasteiger partial charge on any atom is 0.337 e. The number of pyridine rings is 1. The van der Waals surface area contributed by atoms with Gasteiger partial charge in [0.25, 0.3) is 0 Å². The van der Waals surface area contributed by atoms with E-state index >= 15 is 0 Å². The summed E-state index contributed by atoms with van der Waals surface area (Å²) < 4.78 is 1.77. The van der Waals surface area contributed by atoms with E-state index in [1.165, 1.54) is 0 Å². The number of nitrogens with zero attached hydrogens (tertiary/aromatic N) is 1. The van der Waals surface area contributed by atoms with E-state index in [2.05, 4.69) is 0 Å². The van der Waals surface area contributed by atoms with Crippen LogP contribution in [0, 0.1) is 0 Å². The van der Waals surface area contributed by atoms with Gasteiger partial charge in [-0.05, 0) is 23.4 Å². The van der Waals surface area contributed by atoms with Gasteiger partial charge in [-0.1, -0.05) is 6.08 Å². The molecule has 0 spiro atoms. The van der Waals surface area contributed by atoms with Gasteiger partial charge in [-0.15, -0.1) is 0 Å². The van der Waals surface area contributed by atoms with E-state index in [-0.39, 0.29) is 11.3 Å². The molecule has 4 nitrogen and oxygen atoms in total. The first-order valence-electron chi connectivity index (χ1n) is 5.24. The quantitative estimate of drug-likeness (QED) is 0.755. The predicted molar refractivity (Wildman–Crippen MR) is 62.2 cm³/mol. The van der Waals surface area contributed by atoms with Crippen molar-refractivity contribution in [3.63, 3.8) is 0 Å². The van der Waals surface area contributed by atoms with Crippen molar-refractivity contribution in [2.45, 2.75) is 6.42 Å². The third-order valence-corrected chi connectivity index (χ3v) is 2.92. The molecule has 84 valence electrons. The fraction of sp³-hybridized carbons (Fsp3) is 0.0769. The lowest BCUT2D eigenvalue weighted by molar-refractivity contribution is -0.112. The summed E-state index contributed by atoms with van der Waals surface area (Å²) >= 11 is 0. The first-order chi connectivity index (χ1) is 8.15. The Morgan fingerprint density at radius 3 is 3.00 bits per heavy atom. The fourth-order valence-electron chi connectivity index (χ4n) is 2.12. The van der Waals surface area contributed by atoms with Crippen molar-refractivity contribution < 1.29 is 14.7 Å². The third-order valence-electron chi connectivity index (χ3n) is 2.92. The summed E-state index contributed by atoms with van der Waals surface area (Å²) in [4.78, 5) is 22.2. The number of Topliss-reactive ketones (excluding diaryl/α,β-unsaturated/α-hetero) is 1. The summed E-state index contributed by atoms with van der Waals surface area (Å²) in [6.45, 7) is 0. The lowest BCUT2D eigenvalue weighted by Crippen LogP contribution is -2.30. The maximum absolute atomic E-state index is 11.3. The lowest BCUT2D eigenvalue weighted by atomic mass is 10.1. The van der Waals surface area contributed by atoms with Gasteiger partial charge in [0.2, 0.25) is 0 Å². The molecule has 4 heteroatoms. The molecule has 0 saturated heterocycles. The van der Waals surface area contributed by atoms with E-state index < -0.39 is 5.97 Å². The van der Waals surface area contributed by atoms with Crippen molar-refractivity contribution in [1.29, 1.82) is 0 Å². The van der Waals surface area contributed by atoms with Gasteiger partial charge < -0.3 is 9.51 Å². The van der Waals surface area contributed by atoms with E-state index in [0.29, 0.717) is 6.42 Å². The molecule has 0 aromatic carbocycles. The lowest BCUT2D eigenvalue weighted by Gasteiger charge is -2.01. The smallest absolute Gasteiger partial charge is 0.337 e. The van der Waals surface area contributed by atoms with Crippen LogP contribution < -0.4 is 10.4 Å². The SMILES string of the molecule is O=C1C=c2ccn3cc(C(=O)O)cc3c2=CC1. The topological polar surface area (TPSA) is 58.8 Å². The summed E-state index contributed by atoms with van der Waals surface area (Å²) in [6.07, 6.45) is 7.16. The molecule has 0 radical (unpaired) electrons. The summed E-state index contributed by atoms with van der Waals surface area (Å²) in [5.41, 5.74) is 1.08. The molecule has 1 aliphatic rings. The molecule has 0 fully saturated rings. The number of aromatic carboxylic acids is 1. The van der Waals surface area contributed by atoms with Crippen molar-refractivity contribution in [2.75, 3.05) is 0 Å². The van der Waals surface area contributed by atoms with Crippen molar-refractivity contribution in [1.82, 2.24) is 4.40 Å². The average Bonchev–Trinajstić information content (AvgIpc) is 2.72. The fourth-order valence-corrected chi connectivity index (χ4v) is 2.12. The van der Waals surface area contributed by atoms with E-state index in [1.807, 2.05) is 12.1 Å². The Kier molecular flexibility index (Phi) is 1.92. The number of carbonyl (C=O) groups is 2. The zero-order valence-electron chi connectivity index (χ0n) is 8.88. The Balaban J connectivity index is 2.44. The molecule has 2 aromatic heterocycles. The van der Waals surface area contributed by atoms with Gasteiger partial charge in [-0.25, -0.2) is 4.79 Å². The second-order valence-corrected chi connectivity index (χ2v) is 4.03. The van der Waals surface area contributed by atoms with E-state index in [0.717, 1.165) is 16.0 Å². The van der Waals surface area contributed by atoms with Gasteiger partial charge in [0, 0.05) is 24.0 Å². The number of rotatable bonds is 1. The van der Waals surface area contributed by atoms with E-state index in [1.54, 1.807) is 28.9 Å². The van der Waals surface area contributed by atoms with Crippen molar-refractivity contribution in [3.8, 4) is 0 Å². The first kappa shape index (κ1) is 9.84. The van der Waals surface area contributed by atoms with Gasteiger partial charge in [-0.3, -0.25) is 4.79 Å². The Labute approximate surface area is 96.1 Å². The minimum atomic E-state index is -0.946. The minimum absolute atomic E-state index is 0.0758. The average molecular weight is 227 g/mol. The van der Waals surface area contributed by atoms with Crippen LogP contribution in [0.25, 0.3) is 17.7 Å². The number of carboxylic acid groups (broad SMARTS) is 1. The van der Waals surface area contributed by atoms with Gasteiger partial charge in [0.05, 0.1) is 11.1 Å². The molecule has 2 aromatic rings. The zero-order chi connectivity index (χ0) is 12.0. The second kappa shape index (κ2) is 3.31. The summed E-state index contributed by atoms with van der Waals surface area (Å²) in [6, 6.07) is 3.45. The molecular formula is C13H9NO3. The highest BCUT2D eigenvalue weighted by Gasteiger charge is 2.09. The number of carbonyl (C=O) groups excluding carboxylic acids is 1. The molecule has 0 unspecified atom stereocenters. The molecule has 0 atom stereocenters. The number of hydrogen-bond acceptors (Lipinski definition) is 2. The van der Waals surface area contributed by atoms with Crippen LogP contribution in [0.2, 0.25) is 0 Å². The Morgan fingerprint density at radius 2 is 2.24 bits per heavy atom. The standard InChI is InChI=1S/C13H9NO3/c15-10-1-2-11-8(5-10)3-4-14-7-9(13(16)17)6-12(11)14/h2-7H,1H2,(H,16,17). The van der Waals surface area contributed by atoms with Crippen LogP contribution >= 0.6 is 0 Å². The summed E-state index contributed by atoms with van der Waals surface area (Å²) in [5.74, 6) is -0.870. The van der Waals surface area contributed by atoms with Crippen molar-refractivity contribution in [2.24, 2.45) is 0 Å².